The highest BCUT2D eigenvalue weighted by Gasteiger charge is 2.20. The Hall–Kier alpha value is -1.35. The number of hydrogen-bond acceptors (Lipinski definition) is 3. The fraction of sp³-hybridized carbons (Fsp3) is 0.636. The predicted octanol–water partition coefficient (Wildman–Crippen LogP) is 2.97. The van der Waals surface area contributed by atoms with E-state index in [4.69, 9.17) is 0 Å². The van der Waals surface area contributed by atoms with E-state index in [1.165, 1.54) is 50.0 Å². The molecule has 1 aromatic carbocycles. The molecule has 29 heavy (non-hydrogen) atoms. The fourth-order valence-electron chi connectivity index (χ4n) is 4.12. The molecular weight excluding hydrogens is 477 g/mol. The van der Waals surface area contributed by atoms with E-state index in [0.29, 0.717) is 12.5 Å². The minimum Gasteiger partial charge on any atom is -0.354 e. The van der Waals surface area contributed by atoms with Gasteiger partial charge in [0.05, 0.1) is 0 Å². The third-order valence-corrected chi connectivity index (χ3v) is 5.69. The van der Waals surface area contributed by atoms with E-state index in [2.05, 4.69) is 51.7 Å². The van der Waals surface area contributed by atoms with Crippen LogP contribution in [0.25, 0.3) is 0 Å². The minimum atomic E-state index is 0. The third kappa shape index (κ3) is 7.44. The van der Waals surface area contributed by atoms with Crippen molar-refractivity contribution in [3.63, 3.8) is 0 Å². The van der Waals surface area contributed by atoms with E-state index in [-0.39, 0.29) is 29.9 Å². The number of benzene rings is 1. The van der Waals surface area contributed by atoms with Crippen LogP contribution < -0.4 is 10.6 Å². The molecule has 0 saturated carbocycles. The van der Waals surface area contributed by atoms with Crippen LogP contribution in [0.4, 0.5) is 0 Å². The van der Waals surface area contributed by atoms with Gasteiger partial charge in [0.2, 0.25) is 5.91 Å². The van der Waals surface area contributed by atoms with Crippen LogP contribution >= 0.6 is 24.0 Å². The quantitative estimate of drug-likeness (QED) is 0.335. The maximum Gasteiger partial charge on any atom is 0.222 e. The molecule has 0 atom stereocenters. The van der Waals surface area contributed by atoms with E-state index < -0.39 is 0 Å². The summed E-state index contributed by atoms with van der Waals surface area (Å²) in [6, 6.07) is 8.99. The van der Waals surface area contributed by atoms with Crippen LogP contribution in [-0.4, -0.2) is 60.9 Å². The molecule has 2 N–H and O–H groups in total. The highest BCUT2D eigenvalue weighted by molar-refractivity contribution is 14.0. The van der Waals surface area contributed by atoms with Gasteiger partial charge in [-0.1, -0.05) is 31.2 Å². The zero-order valence-electron chi connectivity index (χ0n) is 17.8. The Kier molecular flexibility index (Phi) is 10.2. The summed E-state index contributed by atoms with van der Waals surface area (Å²) in [5.74, 6) is 1.15. The van der Waals surface area contributed by atoms with Gasteiger partial charge in [-0.25, -0.2) is 0 Å². The molecule has 3 rings (SSSR count). The van der Waals surface area contributed by atoms with Crippen molar-refractivity contribution in [3.8, 4) is 0 Å². The van der Waals surface area contributed by atoms with Gasteiger partial charge in [0, 0.05) is 52.2 Å². The third-order valence-electron chi connectivity index (χ3n) is 5.69. The monoisotopic (exact) mass is 513 g/mol. The van der Waals surface area contributed by atoms with Gasteiger partial charge in [0.25, 0.3) is 0 Å². The van der Waals surface area contributed by atoms with Gasteiger partial charge < -0.3 is 20.4 Å². The number of aliphatic imine (C=N–C) groups is 1. The van der Waals surface area contributed by atoms with Crippen molar-refractivity contribution in [2.45, 2.75) is 58.2 Å². The molecule has 2 aliphatic rings. The highest BCUT2D eigenvalue weighted by atomic mass is 127. The molecule has 0 aliphatic carbocycles. The molecule has 0 aromatic heterocycles. The number of nitrogens with zero attached hydrogens (tertiary/aromatic N) is 3. The first-order chi connectivity index (χ1) is 13.7. The molecule has 0 bridgehead atoms. The lowest BCUT2D eigenvalue weighted by Gasteiger charge is -2.32. The summed E-state index contributed by atoms with van der Waals surface area (Å²) in [6.07, 6.45) is 5.24. The standard InChI is InChI=1S/C22H35N5O.HI/c1-3-11-26-13-9-20(10-14-26)25-22(23-2)24-16-18-6-4-7-19(15-18)17-27-12-5-8-21(27)28;/h4,6-7,15,20H,3,5,8-14,16-17H2,1-2H3,(H2,23,24,25);1H. The van der Waals surface area contributed by atoms with Gasteiger partial charge in [-0.3, -0.25) is 9.79 Å². The van der Waals surface area contributed by atoms with Crippen molar-refractivity contribution in [2.24, 2.45) is 4.99 Å². The van der Waals surface area contributed by atoms with Crippen LogP contribution in [0.15, 0.2) is 29.3 Å². The van der Waals surface area contributed by atoms with Crippen molar-refractivity contribution in [3.05, 3.63) is 35.4 Å². The first-order valence-electron chi connectivity index (χ1n) is 10.7. The summed E-state index contributed by atoms with van der Waals surface area (Å²) < 4.78 is 0. The molecule has 1 amide bonds. The largest absolute Gasteiger partial charge is 0.354 e. The van der Waals surface area contributed by atoms with Gasteiger partial charge in [0.1, 0.15) is 0 Å². The number of carbonyl (C=O) groups excluding carboxylic acids is 1. The van der Waals surface area contributed by atoms with E-state index in [9.17, 15) is 4.79 Å². The molecule has 162 valence electrons. The van der Waals surface area contributed by atoms with Crippen LogP contribution in [-0.2, 0) is 17.9 Å². The number of guanidine groups is 1. The van der Waals surface area contributed by atoms with Crippen LogP contribution in [0.3, 0.4) is 0 Å². The van der Waals surface area contributed by atoms with E-state index in [1.807, 2.05) is 11.9 Å². The topological polar surface area (TPSA) is 60.0 Å². The van der Waals surface area contributed by atoms with Crippen molar-refractivity contribution in [1.82, 2.24) is 20.4 Å². The lowest BCUT2D eigenvalue weighted by atomic mass is 10.1. The number of halogens is 1. The molecule has 2 saturated heterocycles. The maximum absolute atomic E-state index is 11.8. The zero-order valence-corrected chi connectivity index (χ0v) is 20.2. The Bertz CT molecular complexity index is 673. The summed E-state index contributed by atoms with van der Waals surface area (Å²) in [7, 11) is 1.83. The first-order valence-corrected chi connectivity index (χ1v) is 10.7. The van der Waals surface area contributed by atoms with Gasteiger partial charge in [0.15, 0.2) is 5.96 Å². The van der Waals surface area contributed by atoms with Crippen molar-refractivity contribution >= 4 is 35.8 Å². The Morgan fingerprint density at radius 1 is 1.21 bits per heavy atom. The lowest BCUT2D eigenvalue weighted by Crippen LogP contribution is -2.48. The van der Waals surface area contributed by atoms with Crippen LogP contribution in [0.2, 0.25) is 0 Å². The smallest absolute Gasteiger partial charge is 0.222 e. The van der Waals surface area contributed by atoms with Crippen molar-refractivity contribution in [2.75, 3.05) is 33.2 Å². The molecule has 2 fully saturated rings. The second-order valence-electron chi connectivity index (χ2n) is 7.92. The average Bonchev–Trinajstić information content (AvgIpc) is 3.11. The summed E-state index contributed by atoms with van der Waals surface area (Å²) in [4.78, 5) is 20.7. The van der Waals surface area contributed by atoms with Crippen LogP contribution in [0.1, 0.15) is 50.2 Å². The van der Waals surface area contributed by atoms with Gasteiger partial charge in [-0.05, 0) is 43.4 Å². The maximum atomic E-state index is 11.8. The molecule has 0 radical (unpaired) electrons. The van der Waals surface area contributed by atoms with E-state index in [1.54, 1.807) is 0 Å². The number of likely N-dealkylation sites (tertiary alicyclic amines) is 2. The second kappa shape index (κ2) is 12.4. The number of hydrogen-bond donors (Lipinski definition) is 2. The average molecular weight is 513 g/mol. The lowest BCUT2D eigenvalue weighted by molar-refractivity contribution is -0.128. The Balaban J connectivity index is 0.00000300. The molecule has 0 spiro atoms. The SMILES string of the molecule is CCCN1CCC(NC(=NC)NCc2cccc(CN3CCCC3=O)c2)CC1.I. The Morgan fingerprint density at radius 2 is 1.97 bits per heavy atom. The Morgan fingerprint density at radius 3 is 2.62 bits per heavy atom. The minimum absolute atomic E-state index is 0. The van der Waals surface area contributed by atoms with Gasteiger partial charge in [-0.2, -0.15) is 0 Å². The highest BCUT2D eigenvalue weighted by Crippen LogP contribution is 2.15. The first kappa shape index (κ1) is 23.9. The van der Waals surface area contributed by atoms with Gasteiger partial charge >= 0.3 is 0 Å². The number of carbonyl (C=O) groups is 1. The number of amides is 1. The van der Waals surface area contributed by atoms with Gasteiger partial charge in [-0.15, -0.1) is 24.0 Å². The molecule has 1 aromatic rings. The number of nitrogens with one attached hydrogen (secondary N) is 2. The number of rotatable bonds is 7. The molecule has 2 aliphatic heterocycles. The molecular formula is C22H36IN5O. The Labute approximate surface area is 192 Å². The summed E-state index contributed by atoms with van der Waals surface area (Å²) in [5.41, 5.74) is 2.41. The summed E-state index contributed by atoms with van der Waals surface area (Å²) in [5, 5.41) is 7.02. The van der Waals surface area contributed by atoms with Crippen LogP contribution in [0.5, 0.6) is 0 Å². The molecule has 6 nitrogen and oxygen atoms in total. The van der Waals surface area contributed by atoms with Crippen LogP contribution in [0, 0.1) is 0 Å². The predicted molar refractivity (Wildman–Crippen MR) is 130 cm³/mol. The second-order valence-corrected chi connectivity index (χ2v) is 7.92. The summed E-state index contributed by atoms with van der Waals surface area (Å²) >= 11 is 0. The molecule has 7 heteroatoms. The van der Waals surface area contributed by atoms with E-state index in [0.717, 1.165) is 32.0 Å². The zero-order chi connectivity index (χ0) is 19.8. The molecule has 2 heterocycles. The summed E-state index contributed by atoms with van der Waals surface area (Å²) in [6.45, 7) is 8.12. The van der Waals surface area contributed by atoms with Crippen molar-refractivity contribution in [1.29, 1.82) is 0 Å². The fourth-order valence-corrected chi connectivity index (χ4v) is 4.12. The van der Waals surface area contributed by atoms with E-state index >= 15 is 0 Å². The number of piperidine rings is 1. The normalized spacial score (nSPS) is 18.6. The molecule has 0 unspecified atom stereocenters. The van der Waals surface area contributed by atoms with Crippen molar-refractivity contribution < 1.29 is 4.79 Å².